The van der Waals surface area contributed by atoms with E-state index in [4.69, 9.17) is 5.11 Å². The van der Waals surface area contributed by atoms with Gasteiger partial charge in [-0.1, -0.05) is 19.8 Å². The first-order chi connectivity index (χ1) is 7.14. The molecule has 88 valence electrons. The summed E-state index contributed by atoms with van der Waals surface area (Å²) in [7, 11) is 0. The summed E-state index contributed by atoms with van der Waals surface area (Å²) >= 11 is 0. The highest BCUT2D eigenvalue weighted by Gasteiger charge is 2.44. The fraction of sp³-hybridized carbons (Fsp3) is 0.917. The van der Waals surface area contributed by atoms with Crippen LogP contribution >= 0.6 is 0 Å². The number of carboxylic acids is 1. The van der Waals surface area contributed by atoms with Crippen LogP contribution in [0, 0.1) is 11.3 Å². The number of aliphatic hydroxyl groups is 1. The second-order valence-electron chi connectivity index (χ2n) is 4.78. The van der Waals surface area contributed by atoms with E-state index < -0.39 is 11.4 Å². The smallest absolute Gasteiger partial charge is 0.309 e. The SMILES string of the molecule is CCC1CCC(CCCCO)(C(=O)O)C1. The first-order valence-corrected chi connectivity index (χ1v) is 5.99. The Balaban J connectivity index is 2.53. The number of carboxylic acid groups (broad SMARTS) is 1. The van der Waals surface area contributed by atoms with Gasteiger partial charge in [-0.15, -0.1) is 0 Å². The first kappa shape index (κ1) is 12.5. The number of aliphatic carboxylic acids is 1. The molecule has 0 radical (unpaired) electrons. The molecule has 3 heteroatoms. The molecule has 1 saturated carbocycles. The van der Waals surface area contributed by atoms with Gasteiger partial charge in [0, 0.05) is 6.61 Å². The van der Waals surface area contributed by atoms with Crippen molar-refractivity contribution in [3.8, 4) is 0 Å². The molecule has 15 heavy (non-hydrogen) atoms. The fourth-order valence-corrected chi connectivity index (χ4v) is 2.69. The highest BCUT2D eigenvalue weighted by molar-refractivity contribution is 5.75. The van der Waals surface area contributed by atoms with Crippen LogP contribution < -0.4 is 0 Å². The topological polar surface area (TPSA) is 57.5 Å². The molecule has 0 aromatic rings. The first-order valence-electron chi connectivity index (χ1n) is 5.99. The Hall–Kier alpha value is -0.570. The van der Waals surface area contributed by atoms with Gasteiger partial charge in [0.15, 0.2) is 0 Å². The van der Waals surface area contributed by atoms with Crippen LogP contribution in [-0.4, -0.2) is 22.8 Å². The summed E-state index contributed by atoms with van der Waals surface area (Å²) < 4.78 is 0. The number of rotatable bonds is 6. The number of hydrogen-bond donors (Lipinski definition) is 2. The third-order valence-corrected chi connectivity index (χ3v) is 3.81. The van der Waals surface area contributed by atoms with Crippen LogP contribution in [0.4, 0.5) is 0 Å². The van der Waals surface area contributed by atoms with E-state index in [0.29, 0.717) is 5.92 Å². The van der Waals surface area contributed by atoms with Crippen LogP contribution in [-0.2, 0) is 4.79 Å². The third-order valence-electron chi connectivity index (χ3n) is 3.81. The Morgan fingerprint density at radius 3 is 2.67 bits per heavy atom. The minimum Gasteiger partial charge on any atom is -0.481 e. The molecule has 1 rings (SSSR count). The summed E-state index contributed by atoms with van der Waals surface area (Å²) in [6, 6.07) is 0. The molecule has 2 unspecified atom stereocenters. The van der Waals surface area contributed by atoms with Crippen molar-refractivity contribution in [2.75, 3.05) is 6.61 Å². The Labute approximate surface area is 91.5 Å². The molecule has 0 saturated heterocycles. The van der Waals surface area contributed by atoms with Crippen molar-refractivity contribution in [3.63, 3.8) is 0 Å². The van der Waals surface area contributed by atoms with Crippen molar-refractivity contribution in [1.29, 1.82) is 0 Å². The Morgan fingerprint density at radius 1 is 1.47 bits per heavy atom. The lowest BCUT2D eigenvalue weighted by Gasteiger charge is -2.24. The van der Waals surface area contributed by atoms with E-state index >= 15 is 0 Å². The Bertz CT molecular complexity index is 215. The van der Waals surface area contributed by atoms with E-state index in [-0.39, 0.29) is 6.61 Å². The molecular weight excluding hydrogens is 192 g/mol. The molecule has 2 N–H and O–H groups in total. The summed E-state index contributed by atoms with van der Waals surface area (Å²) in [6.45, 7) is 2.31. The molecule has 0 amide bonds. The molecule has 1 aliphatic rings. The van der Waals surface area contributed by atoms with E-state index in [9.17, 15) is 9.90 Å². The van der Waals surface area contributed by atoms with E-state index in [1.165, 1.54) is 0 Å². The largest absolute Gasteiger partial charge is 0.481 e. The predicted octanol–water partition coefficient (Wildman–Crippen LogP) is 2.43. The maximum absolute atomic E-state index is 11.3. The molecule has 0 bridgehead atoms. The molecule has 0 aromatic heterocycles. The zero-order valence-electron chi connectivity index (χ0n) is 9.54. The summed E-state index contributed by atoms with van der Waals surface area (Å²) in [5.74, 6) is -0.0355. The number of aliphatic hydroxyl groups excluding tert-OH is 1. The van der Waals surface area contributed by atoms with Crippen LogP contribution in [0.1, 0.15) is 51.9 Å². The second-order valence-corrected chi connectivity index (χ2v) is 4.78. The average molecular weight is 214 g/mol. The van der Waals surface area contributed by atoms with E-state index in [0.717, 1.165) is 44.9 Å². The summed E-state index contributed by atoms with van der Waals surface area (Å²) in [6.07, 6.45) is 6.11. The van der Waals surface area contributed by atoms with Gasteiger partial charge >= 0.3 is 5.97 Å². The van der Waals surface area contributed by atoms with Gasteiger partial charge in [-0.3, -0.25) is 4.79 Å². The Kier molecular flexibility index (Phi) is 4.58. The molecular formula is C12H22O3. The van der Waals surface area contributed by atoms with Gasteiger partial charge in [0.05, 0.1) is 5.41 Å². The lowest BCUT2D eigenvalue weighted by Crippen LogP contribution is -2.28. The zero-order chi connectivity index (χ0) is 11.3. The van der Waals surface area contributed by atoms with Gasteiger partial charge in [0.2, 0.25) is 0 Å². The maximum atomic E-state index is 11.3. The van der Waals surface area contributed by atoms with Gasteiger partial charge in [0.1, 0.15) is 0 Å². The monoisotopic (exact) mass is 214 g/mol. The van der Waals surface area contributed by atoms with Crippen LogP contribution in [0.15, 0.2) is 0 Å². The average Bonchev–Trinajstić information content (AvgIpc) is 2.63. The standard InChI is InChI=1S/C12H22O3/c1-2-10-5-7-12(9-10,11(14)15)6-3-4-8-13/h10,13H,2-9H2,1H3,(H,14,15). The van der Waals surface area contributed by atoms with Gasteiger partial charge in [-0.05, 0) is 38.0 Å². The summed E-state index contributed by atoms with van der Waals surface area (Å²) in [5, 5.41) is 18.0. The van der Waals surface area contributed by atoms with Crippen molar-refractivity contribution in [3.05, 3.63) is 0 Å². The van der Waals surface area contributed by atoms with Crippen molar-refractivity contribution in [1.82, 2.24) is 0 Å². The molecule has 0 aliphatic heterocycles. The number of hydrogen-bond acceptors (Lipinski definition) is 2. The summed E-state index contributed by atoms with van der Waals surface area (Å²) in [4.78, 5) is 11.3. The molecule has 1 fully saturated rings. The predicted molar refractivity (Wildman–Crippen MR) is 58.6 cm³/mol. The minimum atomic E-state index is -0.628. The fourth-order valence-electron chi connectivity index (χ4n) is 2.69. The van der Waals surface area contributed by atoms with Gasteiger partial charge in [-0.2, -0.15) is 0 Å². The van der Waals surface area contributed by atoms with E-state index in [2.05, 4.69) is 6.92 Å². The molecule has 0 spiro atoms. The second kappa shape index (κ2) is 5.50. The minimum absolute atomic E-state index is 0.174. The third kappa shape index (κ3) is 2.94. The number of carbonyl (C=O) groups is 1. The normalized spacial score (nSPS) is 30.7. The Morgan fingerprint density at radius 2 is 2.20 bits per heavy atom. The van der Waals surface area contributed by atoms with Crippen LogP contribution in [0.2, 0.25) is 0 Å². The molecule has 0 heterocycles. The highest BCUT2D eigenvalue weighted by Crippen LogP contribution is 2.46. The molecule has 0 aromatic carbocycles. The molecule has 1 aliphatic carbocycles. The van der Waals surface area contributed by atoms with Crippen molar-refractivity contribution >= 4 is 5.97 Å². The van der Waals surface area contributed by atoms with Crippen LogP contribution in [0.5, 0.6) is 0 Å². The lowest BCUT2D eigenvalue weighted by molar-refractivity contribution is -0.149. The maximum Gasteiger partial charge on any atom is 0.309 e. The molecule has 2 atom stereocenters. The van der Waals surface area contributed by atoms with Crippen LogP contribution in [0.25, 0.3) is 0 Å². The summed E-state index contributed by atoms with van der Waals surface area (Å²) in [5.41, 5.74) is -0.476. The van der Waals surface area contributed by atoms with Crippen molar-refractivity contribution < 1.29 is 15.0 Å². The highest BCUT2D eigenvalue weighted by atomic mass is 16.4. The van der Waals surface area contributed by atoms with E-state index in [1.54, 1.807) is 0 Å². The van der Waals surface area contributed by atoms with Gasteiger partial charge in [-0.25, -0.2) is 0 Å². The molecule has 3 nitrogen and oxygen atoms in total. The van der Waals surface area contributed by atoms with Crippen molar-refractivity contribution in [2.24, 2.45) is 11.3 Å². The van der Waals surface area contributed by atoms with E-state index in [1.807, 2.05) is 0 Å². The van der Waals surface area contributed by atoms with Gasteiger partial charge in [0.25, 0.3) is 0 Å². The van der Waals surface area contributed by atoms with Gasteiger partial charge < -0.3 is 10.2 Å². The van der Waals surface area contributed by atoms with Crippen molar-refractivity contribution in [2.45, 2.75) is 51.9 Å². The zero-order valence-corrected chi connectivity index (χ0v) is 9.54. The van der Waals surface area contributed by atoms with Crippen LogP contribution in [0.3, 0.4) is 0 Å². The number of unbranched alkanes of at least 4 members (excludes halogenated alkanes) is 1. The quantitative estimate of drug-likeness (QED) is 0.668. The lowest BCUT2D eigenvalue weighted by atomic mass is 9.80.